The van der Waals surface area contributed by atoms with Crippen molar-refractivity contribution in [1.82, 2.24) is 15.5 Å². The van der Waals surface area contributed by atoms with Gasteiger partial charge in [-0.3, -0.25) is 19.2 Å². The van der Waals surface area contributed by atoms with E-state index in [1.54, 1.807) is 41.3 Å². The van der Waals surface area contributed by atoms with E-state index in [9.17, 15) is 34.5 Å². The first-order valence-electron chi connectivity index (χ1n) is 17.2. The lowest BCUT2D eigenvalue weighted by molar-refractivity contribution is -0.244. The minimum absolute atomic E-state index is 0.0430. The highest BCUT2D eigenvalue weighted by molar-refractivity contribution is 5.94. The van der Waals surface area contributed by atoms with E-state index in [1.807, 2.05) is 18.2 Å². The molecule has 0 spiro atoms. The summed E-state index contributed by atoms with van der Waals surface area (Å²) in [5, 5.41) is 38.5. The molecule has 49 heavy (non-hydrogen) atoms. The summed E-state index contributed by atoms with van der Waals surface area (Å²) < 4.78 is 11.4. The Morgan fingerprint density at radius 3 is 2.24 bits per heavy atom. The molecule has 1 aliphatic heterocycles. The Kier molecular flexibility index (Phi) is 17.0. The highest BCUT2D eigenvalue weighted by Gasteiger charge is 2.46. The second-order valence-electron chi connectivity index (χ2n) is 12.2. The molecule has 1 fully saturated rings. The number of aliphatic hydroxyl groups is 3. The number of nitrogens with zero attached hydrogens (tertiary/aromatic N) is 1. The van der Waals surface area contributed by atoms with Crippen LogP contribution in [0.15, 0.2) is 54.6 Å². The maximum atomic E-state index is 13.0. The molecule has 0 aliphatic carbocycles. The van der Waals surface area contributed by atoms with Gasteiger partial charge in [-0.05, 0) is 55.7 Å². The third-order valence-corrected chi connectivity index (χ3v) is 8.27. The van der Waals surface area contributed by atoms with Gasteiger partial charge in [0.25, 0.3) is 5.91 Å². The lowest BCUT2D eigenvalue weighted by Gasteiger charge is -2.42. The van der Waals surface area contributed by atoms with E-state index in [0.29, 0.717) is 43.1 Å². The summed E-state index contributed by atoms with van der Waals surface area (Å²) in [6, 6.07) is 14.4. The zero-order chi connectivity index (χ0) is 35.6. The average Bonchev–Trinajstić information content (AvgIpc) is 3.09. The third-order valence-electron chi connectivity index (χ3n) is 8.27. The van der Waals surface area contributed by atoms with E-state index in [-0.39, 0.29) is 24.1 Å². The zero-order valence-corrected chi connectivity index (χ0v) is 28.5. The van der Waals surface area contributed by atoms with Crippen molar-refractivity contribution in [3.8, 4) is 5.75 Å². The number of anilines is 1. The molecule has 13 heteroatoms. The van der Waals surface area contributed by atoms with Crippen molar-refractivity contribution < 1.29 is 44.0 Å². The van der Waals surface area contributed by atoms with E-state index in [1.165, 1.54) is 6.92 Å². The molecule has 1 aliphatic rings. The van der Waals surface area contributed by atoms with Crippen LogP contribution >= 0.6 is 0 Å². The fourth-order valence-electron chi connectivity index (χ4n) is 5.50. The number of carbonyl (C=O) groups is 4. The summed E-state index contributed by atoms with van der Waals surface area (Å²) in [4.78, 5) is 51.4. The molecule has 270 valence electrons. The predicted octanol–water partition coefficient (Wildman–Crippen LogP) is 2.74. The minimum atomic E-state index is -1.43. The van der Waals surface area contributed by atoms with Crippen LogP contribution in [0.5, 0.6) is 5.75 Å². The number of hydrogen-bond donors (Lipinski definition) is 6. The topological polar surface area (TPSA) is 187 Å². The molecule has 0 unspecified atom stereocenters. The van der Waals surface area contributed by atoms with Crippen molar-refractivity contribution in [2.75, 3.05) is 31.6 Å². The second kappa shape index (κ2) is 21.1. The van der Waals surface area contributed by atoms with Gasteiger partial charge < -0.3 is 45.6 Å². The molecular weight excluding hydrogens is 632 g/mol. The van der Waals surface area contributed by atoms with Crippen LogP contribution in [0, 0.1) is 0 Å². The van der Waals surface area contributed by atoms with Crippen LogP contribution in [-0.4, -0.2) is 101 Å². The highest BCUT2D eigenvalue weighted by Crippen LogP contribution is 2.25. The standard InChI is InChI=1S/C36H52N4O9/c1-3-4-8-15-31(44)40(22-12-6-5-11-21-37-35(47)26-13-9-7-10-14-26)23-20-30(43)39-27-16-18-28(19-17-27)48-36-32(38-25(2)42)34(46)33(45)29(24-41)49-36/h7,9-10,13-14,16-19,29,32-34,36,41,45-46H,3-6,8,11-12,15,20-24H2,1-2H3,(H,37,47)(H,38,42)(H,39,43)/t29-,32-,33+,34-,36-/m1/s1. The highest BCUT2D eigenvalue weighted by atomic mass is 16.7. The van der Waals surface area contributed by atoms with E-state index < -0.39 is 43.2 Å². The first kappa shape index (κ1) is 39.4. The maximum absolute atomic E-state index is 13.0. The fourth-order valence-corrected chi connectivity index (χ4v) is 5.50. The lowest BCUT2D eigenvalue weighted by atomic mass is 9.97. The summed E-state index contributed by atoms with van der Waals surface area (Å²) in [6.07, 6.45) is 1.67. The molecule has 1 saturated heterocycles. The van der Waals surface area contributed by atoms with Crippen LogP contribution in [0.3, 0.4) is 0 Å². The minimum Gasteiger partial charge on any atom is -0.463 e. The van der Waals surface area contributed by atoms with Gasteiger partial charge in [0.15, 0.2) is 0 Å². The van der Waals surface area contributed by atoms with E-state index in [4.69, 9.17) is 9.47 Å². The van der Waals surface area contributed by atoms with Gasteiger partial charge in [0.05, 0.1) is 6.61 Å². The van der Waals surface area contributed by atoms with Gasteiger partial charge in [0.2, 0.25) is 24.0 Å². The van der Waals surface area contributed by atoms with Crippen LogP contribution in [0.1, 0.15) is 82.0 Å². The summed E-state index contributed by atoms with van der Waals surface area (Å²) >= 11 is 0. The molecule has 5 atom stereocenters. The van der Waals surface area contributed by atoms with Crippen LogP contribution in [0.2, 0.25) is 0 Å². The monoisotopic (exact) mass is 684 g/mol. The van der Waals surface area contributed by atoms with Gasteiger partial charge in [-0.2, -0.15) is 0 Å². The summed E-state index contributed by atoms with van der Waals surface area (Å²) in [5.74, 6) is -0.449. The molecule has 3 rings (SSSR count). The molecule has 13 nitrogen and oxygen atoms in total. The average molecular weight is 685 g/mol. The zero-order valence-electron chi connectivity index (χ0n) is 28.5. The van der Waals surface area contributed by atoms with Crippen LogP contribution in [-0.2, 0) is 19.1 Å². The molecule has 4 amide bonds. The number of hydrogen-bond acceptors (Lipinski definition) is 9. The first-order chi connectivity index (χ1) is 23.6. The molecule has 0 aromatic heterocycles. The molecule has 0 saturated carbocycles. The van der Waals surface area contributed by atoms with Gasteiger partial charge >= 0.3 is 0 Å². The predicted molar refractivity (Wildman–Crippen MR) is 184 cm³/mol. The molecular formula is C36H52N4O9. The normalized spacial score (nSPS) is 20.2. The number of benzene rings is 2. The lowest BCUT2D eigenvalue weighted by Crippen LogP contribution is -2.65. The smallest absolute Gasteiger partial charge is 0.251 e. The van der Waals surface area contributed by atoms with Gasteiger partial charge in [0, 0.05) is 50.7 Å². The van der Waals surface area contributed by atoms with Crippen LogP contribution < -0.4 is 20.7 Å². The van der Waals surface area contributed by atoms with Gasteiger partial charge in [0.1, 0.15) is 30.1 Å². The van der Waals surface area contributed by atoms with Crippen molar-refractivity contribution >= 4 is 29.3 Å². The Bertz CT molecular complexity index is 1310. The van der Waals surface area contributed by atoms with Gasteiger partial charge in [-0.25, -0.2) is 0 Å². The molecule has 6 N–H and O–H groups in total. The molecule has 0 radical (unpaired) electrons. The van der Waals surface area contributed by atoms with Crippen LogP contribution in [0.4, 0.5) is 5.69 Å². The number of nitrogens with one attached hydrogen (secondary N) is 3. The number of carbonyl (C=O) groups excluding carboxylic acids is 4. The van der Waals surface area contributed by atoms with Crippen molar-refractivity contribution in [2.24, 2.45) is 0 Å². The molecule has 2 aromatic carbocycles. The van der Waals surface area contributed by atoms with Gasteiger partial charge in [-0.1, -0.05) is 50.8 Å². The Balaban J connectivity index is 1.45. The molecule has 0 bridgehead atoms. The van der Waals surface area contributed by atoms with Crippen molar-refractivity contribution in [3.63, 3.8) is 0 Å². The molecule has 2 aromatic rings. The number of amides is 4. The SMILES string of the molecule is CCCCCC(=O)N(CCCCCCNC(=O)c1ccccc1)CCC(=O)Nc1ccc(O[C@@H]2O[C@H](CO)[C@H](O)[C@H](O)[C@H]2NC(C)=O)cc1. The van der Waals surface area contributed by atoms with E-state index >= 15 is 0 Å². The number of rotatable bonds is 20. The Hall–Kier alpha value is -4.04. The Labute approximate surface area is 288 Å². The van der Waals surface area contributed by atoms with Crippen LogP contribution in [0.25, 0.3) is 0 Å². The fraction of sp³-hybridized carbons (Fsp3) is 0.556. The summed E-state index contributed by atoms with van der Waals surface area (Å²) in [7, 11) is 0. The van der Waals surface area contributed by atoms with E-state index in [2.05, 4.69) is 22.9 Å². The third kappa shape index (κ3) is 13.4. The maximum Gasteiger partial charge on any atom is 0.251 e. The largest absolute Gasteiger partial charge is 0.463 e. The van der Waals surface area contributed by atoms with Crippen molar-refractivity contribution in [2.45, 2.75) is 102 Å². The van der Waals surface area contributed by atoms with E-state index in [0.717, 1.165) is 44.9 Å². The first-order valence-corrected chi connectivity index (χ1v) is 17.2. The quantitative estimate of drug-likeness (QED) is 0.114. The number of ether oxygens (including phenoxy) is 2. The molecule has 1 heterocycles. The number of unbranched alkanes of at least 4 members (excludes halogenated alkanes) is 5. The Morgan fingerprint density at radius 2 is 1.57 bits per heavy atom. The Morgan fingerprint density at radius 1 is 0.857 bits per heavy atom. The van der Waals surface area contributed by atoms with Crippen molar-refractivity contribution in [3.05, 3.63) is 60.2 Å². The van der Waals surface area contributed by atoms with Crippen molar-refractivity contribution in [1.29, 1.82) is 0 Å². The van der Waals surface area contributed by atoms with Gasteiger partial charge in [-0.15, -0.1) is 0 Å². The summed E-state index contributed by atoms with van der Waals surface area (Å²) in [6.45, 7) is 4.23. The second-order valence-corrected chi connectivity index (χ2v) is 12.2. The number of aliphatic hydroxyl groups excluding tert-OH is 3. The summed E-state index contributed by atoms with van der Waals surface area (Å²) in [5.41, 5.74) is 1.14.